The maximum Gasteiger partial charge on any atom is 0.246 e. The molecule has 0 radical (unpaired) electrons. The Bertz CT molecular complexity index is 1420. The summed E-state index contributed by atoms with van der Waals surface area (Å²) in [7, 11) is 0. The van der Waals surface area contributed by atoms with Crippen molar-refractivity contribution < 1.29 is 23.9 Å². The molecule has 0 bridgehead atoms. The summed E-state index contributed by atoms with van der Waals surface area (Å²) in [5.41, 5.74) is 3.38. The molecule has 1 aliphatic carbocycles. The molecule has 1 saturated carbocycles. The van der Waals surface area contributed by atoms with Gasteiger partial charge in [-0.15, -0.1) is 11.3 Å². The van der Waals surface area contributed by atoms with Gasteiger partial charge in [0.05, 0.1) is 28.7 Å². The van der Waals surface area contributed by atoms with Gasteiger partial charge in [0, 0.05) is 6.54 Å². The van der Waals surface area contributed by atoms with Gasteiger partial charge in [-0.05, 0) is 53.4 Å². The van der Waals surface area contributed by atoms with Crippen molar-refractivity contribution in [2.24, 2.45) is 10.8 Å². The Morgan fingerprint density at radius 2 is 1.90 bits per heavy atom. The number of nitrogens with zero attached hydrogens (tertiary/aromatic N) is 3. The fraction of sp³-hybridized carbons (Fsp3) is 0.581. The highest BCUT2D eigenvalue weighted by atomic mass is 32.1. The van der Waals surface area contributed by atoms with Crippen molar-refractivity contribution in [3.8, 4) is 16.5 Å². The van der Waals surface area contributed by atoms with Gasteiger partial charge in [-0.3, -0.25) is 14.4 Å². The molecule has 42 heavy (non-hydrogen) atoms. The Balaban J connectivity index is 1.55. The maximum atomic E-state index is 15.3. The minimum atomic E-state index is -2.00. The molecule has 4 atom stereocenters. The summed E-state index contributed by atoms with van der Waals surface area (Å²) < 4.78 is 15.3. The highest BCUT2D eigenvalue weighted by molar-refractivity contribution is 7.13. The number of β-amino-alcohol motifs (C(OH)–C–C–N with tert-alkyl or cyclic N) is 1. The lowest BCUT2D eigenvalue weighted by atomic mass is 9.82. The Kier molecular flexibility index (Phi) is 8.55. The van der Waals surface area contributed by atoms with E-state index < -0.39 is 52.9 Å². The molecule has 2 fully saturated rings. The van der Waals surface area contributed by atoms with Crippen molar-refractivity contribution in [2.45, 2.75) is 97.6 Å². The number of carbonyl (C=O) groups excluding carboxylic acids is 3. The second-order valence-electron chi connectivity index (χ2n) is 13.5. The first-order valence-corrected chi connectivity index (χ1v) is 15.0. The van der Waals surface area contributed by atoms with Crippen LogP contribution in [0, 0.1) is 29.1 Å². The third kappa shape index (κ3) is 6.20. The first kappa shape index (κ1) is 31.6. The number of rotatable bonds is 7. The fourth-order valence-corrected chi connectivity index (χ4v) is 6.15. The van der Waals surface area contributed by atoms with Crippen LogP contribution in [0.4, 0.5) is 4.39 Å². The first-order chi connectivity index (χ1) is 19.5. The van der Waals surface area contributed by atoms with Crippen LogP contribution in [0.2, 0.25) is 0 Å². The largest absolute Gasteiger partial charge is 0.388 e. The van der Waals surface area contributed by atoms with Gasteiger partial charge in [0.1, 0.15) is 23.6 Å². The Hall–Kier alpha value is -3.36. The molecule has 3 amide bonds. The minimum absolute atomic E-state index is 0.0961. The number of hydrogen-bond acceptors (Lipinski definition) is 7. The Morgan fingerprint density at radius 1 is 1.24 bits per heavy atom. The topological polar surface area (TPSA) is 135 Å². The van der Waals surface area contributed by atoms with E-state index in [0.717, 1.165) is 32.2 Å². The van der Waals surface area contributed by atoms with Gasteiger partial charge in [-0.25, -0.2) is 9.37 Å². The second kappa shape index (κ2) is 11.4. The van der Waals surface area contributed by atoms with Gasteiger partial charge in [0.15, 0.2) is 6.17 Å². The molecule has 9 nitrogen and oxygen atoms in total. The first-order valence-electron chi connectivity index (χ1n) is 14.2. The average Bonchev–Trinajstić information content (AvgIpc) is 3.51. The highest BCUT2D eigenvalue weighted by Gasteiger charge is 2.54. The average molecular weight is 598 g/mol. The Labute approximate surface area is 250 Å². The lowest BCUT2D eigenvalue weighted by molar-refractivity contribution is -0.145. The van der Waals surface area contributed by atoms with E-state index in [4.69, 9.17) is 0 Å². The van der Waals surface area contributed by atoms with Crippen molar-refractivity contribution in [3.05, 3.63) is 40.5 Å². The molecule has 4 rings (SSSR count). The van der Waals surface area contributed by atoms with Crippen molar-refractivity contribution in [2.75, 3.05) is 6.54 Å². The summed E-state index contributed by atoms with van der Waals surface area (Å²) in [5, 5.41) is 25.3. The molecule has 2 aliphatic rings. The number of nitriles is 1. The summed E-state index contributed by atoms with van der Waals surface area (Å²) in [4.78, 5) is 46.5. The molecule has 1 aromatic heterocycles. The fourth-order valence-electron chi connectivity index (χ4n) is 5.35. The summed E-state index contributed by atoms with van der Waals surface area (Å²) in [6, 6.07) is 5.30. The van der Waals surface area contributed by atoms with Crippen molar-refractivity contribution >= 4 is 29.1 Å². The van der Waals surface area contributed by atoms with Crippen LogP contribution in [-0.2, 0) is 26.3 Å². The molecule has 2 heterocycles. The standard InChI is InChI=1S/C31H40FN5O4S/c1-17-24(42-16-35-17)18-8-9-19(20(12-18)29(2,3)4)13-34-26(39)23-22(32)21(38)14-37(23)27(40)25(30(5,6)7)36-28(41)31(15-33)10-11-31/h8-9,12,16,21-23,25,38H,10-11,13-14H2,1-7H3,(H,34,39)(H,36,41)/t21-,22-,23-,25+/m0/s1. The molecule has 3 N–H and O–H groups in total. The Morgan fingerprint density at radius 3 is 2.43 bits per heavy atom. The van der Waals surface area contributed by atoms with Gasteiger partial charge in [-0.2, -0.15) is 5.26 Å². The number of alkyl halides is 1. The lowest BCUT2D eigenvalue weighted by Gasteiger charge is -2.35. The third-order valence-electron chi connectivity index (χ3n) is 8.11. The number of aromatic nitrogens is 1. The van der Waals surface area contributed by atoms with Crippen LogP contribution in [-0.4, -0.2) is 63.6 Å². The number of hydrogen-bond donors (Lipinski definition) is 3. The molecule has 1 aliphatic heterocycles. The van der Waals surface area contributed by atoms with Gasteiger partial charge < -0.3 is 20.6 Å². The molecule has 226 valence electrons. The number of thiazole rings is 1. The minimum Gasteiger partial charge on any atom is -0.388 e. The van der Waals surface area contributed by atoms with Crippen molar-refractivity contribution in [1.82, 2.24) is 20.5 Å². The zero-order valence-corrected chi connectivity index (χ0v) is 26.1. The van der Waals surface area contributed by atoms with Crippen LogP contribution in [0.5, 0.6) is 0 Å². The van der Waals surface area contributed by atoms with E-state index in [-0.39, 0.29) is 18.5 Å². The van der Waals surface area contributed by atoms with Gasteiger partial charge in [0.2, 0.25) is 17.7 Å². The predicted octanol–water partition coefficient (Wildman–Crippen LogP) is 3.78. The lowest BCUT2D eigenvalue weighted by Crippen LogP contribution is -2.59. The van der Waals surface area contributed by atoms with Crippen molar-refractivity contribution in [3.63, 3.8) is 0 Å². The molecule has 11 heteroatoms. The van der Waals surface area contributed by atoms with Gasteiger partial charge >= 0.3 is 0 Å². The van der Waals surface area contributed by atoms with Crippen LogP contribution in [0.3, 0.4) is 0 Å². The van der Waals surface area contributed by atoms with Crippen LogP contribution < -0.4 is 10.6 Å². The molecule has 1 aromatic carbocycles. The van der Waals surface area contributed by atoms with E-state index >= 15 is 4.39 Å². The summed E-state index contributed by atoms with van der Waals surface area (Å²) in [5.74, 6) is -1.96. The highest BCUT2D eigenvalue weighted by Crippen LogP contribution is 2.45. The molecule has 1 saturated heterocycles. The van der Waals surface area contributed by atoms with E-state index in [1.54, 1.807) is 37.6 Å². The number of likely N-dealkylation sites (tertiary alicyclic amines) is 1. The zero-order valence-electron chi connectivity index (χ0n) is 25.2. The summed E-state index contributed by atoms with van der Waals surface area (Å²) in [6.45, 7) is 13.1. The number of aliphatic hydroxyl groups is 1. The third-order valence-corrected chi connectivity index (χ3v) is 9.08. The normalized spacial score (nSPS) is 22.3. The van der Waals surface area contributed by atoms with Crippen molar-refractivity contribution in [1.29, 1.82) is 5.26 Å². The summed E-state index contributed by atoms with van der Waals surface area (Å²) >= 11 is 1.55. The number of aliphatic hydroxyl groups excluding tert-OH is 1. The van der Waals surface area contributed by atoms with E-state index in [0.29, 0.717) is 12.8 Å². The SMILES string of the molecule is Cc1ncsc1-c1ccc(CNC(=O)[C@@H]2[C@@H](F)[C@@H](O)CN2C(=O)[C@@H](NC(=O)C2(C#N)CC2)C(C)(C)C)c(C(C)(C)C)c1. The number of halogens is 1. The van der Waals surface area contributed by atoms with Crippen LogP contribution >= 0.6 is 11.3 Å². The van der Waals surface area contributed by atoms with Crippen LogP contribution in [0.25, 0.3) is 10.4 Å². The predicted molar refractivity (Wildman–Crippen MR) is 158 cm³/mol. The zero-order chi connectivity index (χ0) is 31.2. The molecular weight excluding hydrogens is 557 g/mol. The number of aryl methyl sites for hydroxylation is 1. The number of benzene rings is 1. The van der Waals surface area contributed by atoms with Gasteiger partial charge in [-0.1, -0.05) is 53.7 Å². The number of amides is 3. The monoisotopic (exact) mass is 597 g/mol. The van der Waals surface area contributed by atoms with E-state index in [9.17, 15) is 24.8 Å². The quantitative estimate of drug-likeness (QED) is 0.445. The van der Waals surface area contributed by atoms with Crippen LogP contribution in [0.15, 0.2) is 23.7 Å². The molecule has 0 spiro atoms. The van der Waals surface area contributed by atoms with E-state index in [2.05, 4.69) is 42.5 Å². The summed E-state index contributed by atoms with van der Waals surface area (Å²) in [6.07, 6.45) is -2.75. The van der Waals surface area contributed by atoms with E-state index in [1.165, 1.54) is 0 Å². The number of carbonyl (C=O) groups is 3. The number of nitrogens with one attached hydrogen (secondary N) is 2. The molecule has 2 aromatic rings. The van der Waals surface area contributed by atoms with E-state index in [1.807, 2.05) is 25.1 Å². The maximum absolute atomic E-state index is 15.3. The smallest absolute Gasteiger partial charge is 0.246 e. The molecule has 0 unspecified atom stereocenters. The molecular formula is C31H40FN5O4S. The van der Waals surface area contributed by atoms with Crippen LogP contribution in [0.1, 0.15) is 71.2 Å². The second-order valence-corrected chi connectivity index (χ2v) is 14.4. The van der Waals surface area contributed by atoms with Gasteiger partial charge in [0.25, 0.3) is 0 Å².